The van der Waals surface area contributed by atoms with Crippen molar-refractivity contribution in [2.24, 2.45) is 0 Å². The molecule has 36 heavy (non-hydrogen) atoms. The second-order valence-corrected chi connectivity index (χ2v) is 10.1. The molecule has 1 N–H and O–H groups in total. The number of imide groups is 1. The topological polar surface area (TPSA) is 75.7 Å². The van der Waals surface area contributed by atoms with Crippen molar-refractivity contribution in [3.05, 3.63) is 97.3 Å². The third-order valence-electron chi connectivity index (χ3n) is 5.20. The largest absolute Gasteiger partial charge is 0.484 e. The lowest BCUT2D eigenvalue weighted by atomic mass is 10.2. The Morgan fingerprint density at radius 3 is 2.58 bits per heavy atom. The Morgan fingerprint density at radius 1 is 1.03 bits per heavy atom. The zero-order valence-electron chi connectivity index (χ0n) is 18.9. The average Bonchev–Trinajstić information content (AvgIpc) is 3.09. The normalized spacial score (nSPS) is 14.4. The zero-order chi connectivity index (χ0) is 25.8. The molecule has 184 valence electrons. The number of benzene rings is 3. The molecule has 3 amide bonds. The van der Waals surface area contributed by atoms with Crippen molar-refractivity contribution in [3.63, 3.8) is 0 Å². The van der Waals surface area contributed by atoms with Crippen LogP contribution in [0.2, 0.25) is 15.1 Å². The second kappa shape index (κ2) is 11.4. The fourth-order valence-corrected chi connectivity index (χ4v) is 4.81. The predicted octanol–water partition coefficient (Wildman–Crippen LogP) is 7.21. The Morgan fingerprint density at radius 2 is 1.83 bits per heavy atom. The van der Waals surface area contributed by atoms with E-state index in [9.17, 15) is 14.4 Å². The first-order valence-corrected chi connectivity index (χ1v) is 12.6. The first-order valence-electron chi connectivity index (χ1n) is 10.7. The van der Waals surface area contributed by atoms with Crippen LogP contribution in [0.1, 0.15) is 16.7 Å². The molecular weight excluding hydrogens is 543 g/mol. The zero-order valence-corrected chi connectivity index (χ0v) is 22.0. The van der Waals surface area contributed by atoms with E-state index in [1.165, 1.54) is 0 Å². The van der Waals surface area contributed by atoms with E-state index >= 15 is 0 Å². The molecule has 1 saturated heterocycles. The number of hydrogen-bond donors (Lipinski definition) is 1. The van der Waals surface area contributed by atoms with Crippen LogP contribution in [0.3, 0.4) is 0 Å². The SMILES string of the molecule is Cc1ccc(NC(=O)COc2cccc(/C=C3\SC(=O)N(Cc4ccc(Cl)cc4Cl)C3=O)c2)cc1Cl. The van der Waals surface area contributed by atoms with E-state index in [-0.39, 0.29) is 24.0 Å². The molecule has 0 unspecified atom stereocenters. The predicted molar refractivity (Wildman–Crippen MR) is 145 cm³/mol. The maximum Gasteiger partial charge on any atom is 0.293 e. The number of aryl methyl sites for hydroxylation is 1. The molecule has 0 saturated carbocycles. The maximum absolute atomic E-state index is 12.9. The van der Waals surface area contributed by atoms with Crippen LogP contribution >= 0.6 is 46.6 Å². The van der Waals surface area contributed by atoms with E-state index in [0.717, 1.165) is 22.2 Å². The fourth-order valence-electron chi connectivity index (χ4n) is 3.32. The highest BCUT2D eigenvalue weighted by Gasteiger charge is 2.35. The Hall–Kier alpha value is -2.97. The van der Waals surface area contributed by atoms with Gasteiger partial charge in [-0.15, -0.1) is 0 Å². The molecule has 3 aromatic carbocycles. The molecule has 0 aromatic heterocycles. The van der Waals surface area contributed by atoms with Crippen molar-refractivity contribution in [3.8, 4) is 5.75 Å². The Kier molecular flexibility index (Phi) is 8.26. The molecular formula is C26H19Cl3N2O4S. The summed E-state index contributed by atoms with van der Waals surface area (Å²) in [4.78, 5) is 39.0. The molecule has 1 heterocycles. The number of rotatable bonds is 7. The van der Waals surface area contributed by atoms with E-state index in [4.69, 9.17) is 39.5 Å². The van der Waals surface area contributed by atoms with Crippen LogP contribution in [0.5, 0.6) is 5.75 Å². The van der Waals surface area contributed by atoms with Crippen LogP contribution in [0.4, 0.5) is 10.5 Å². The minimum absolute atomic E-state index is 0.0441. The lowest BCUT2D eigenvalue weighted by Crippen LogP contribution is -2.27. The summed E-state index contributed by atoms with van der Waals surface area (Å²) in [6.07, 6.45) is 1.61. The lowest BCUT2D eigenvalue weighted by Gasteiger charge is -2.13. The highest BCUT2D eigenvalue weighted by Crippen LogP contribution is 2.35. The summed E-state index contributed by atoms with van der Waals surface area (Å²) in [5.41, 5.74) is 2.75. The summed E-state index contributed by atoms with van der Waals surface area (Å²) in [6.45, 7) is 1.70. The summed E-state index contributed by atoms with van der Waals surface area (Å²) in [5.74, 6) is -0.325. The van der Waals surface area contributed by atoms with E-state index in [1.807, 2.05) is 13.0 Å². The number of hydrogen-bond acceptors (Lipinski definition) is 5. The van der Waals surface area contributed by atoms with Gasteiger partial charge in [0, 0.05) is 20.8 Å². The summed E-state index contributed by atoms with van der Waals surface area (Å²) >= 11 is 19.1. The molecule has 0 atom stereocenters. The molecule has 3 aromatic rings. The fraction of sp³-hybridized carbons (Fsp3) is 0.115. The van der Waals surface area contributed by atoms with Gasteiger partial charge in [0.2, 0.25) is 0 Å². The highest BCUT2D eigenvalue weighted by molar-refractivity contribution is 8.18. The first-order chi connectivity index (χ1) is 17.2. The number of nitrogens with zero attached hydrogens (tertiary/aromatic N) is 1. The summed E-state index contributed by atoms with van der Waals surface area (Å²) < 4.78 is 5.60. The number of anilines is 1. The third-order valence-corrected chi connectivity index (χ3v) is 7.10. The van der Waals surface area contributed by atoms with Gasteiger partial charge >= 0.3 is 0 Å². The van der Waals surface area contributed by atoms with E-state index in [2.05, 4.69) is 5.32 Å². The number of amides is 3. The molecule has 0 radical (unpaired) electrons. The van der Waals surface area contributed by atoms with Crippen LogP contribution in [0, 0.1) is 6.92 Å². The Balaban J connectivity index is 1.39. The standard InChI is InChI=1S/C26H19Cl3N2O4S/c1-15-5-8-19(12-21(15)28)30-24(32)14-35-20-4-2-3-16(9-20)10-23-25(33)31(26(34)36-23)13-17-6-7-18(27)11-22(17)29/h2-12H,13-14H2,1H3,(H,30,32)/b23-10-. The monoisotopic (exact) mass is 560 g/mol. The van der Waals surface area contributed by atoms with Gasteiger partial charge in [0.25, 0.3) is 17.1 Å². The minimum Gasteiger partial charge on any atom is -0.484 e. The molecule has 6 nitrogen and oxygen atoms in total. The summed E-state index contributed by atoms with van der Waals surface area (Å²) in [6, 6.07) is 17.0. The first kappa shape index (κ1) is 26.1. The van der Waals surface area contributed by atoms with Crippen molar-refractivity contribution in [2.75, 3.05) is 11.9 Å². The quantitative estimate of drug-likeness (QED) is 0.309. The van der Waals surface area contributed by atoms with Gasteiger partial charge in [-0.05, 0) is 77.9 Å². The van der Waals surface area contributed by atoms with Gasteiger partial charge in [-0.3, -0.25) is 19.3 Å². The molecule has 1 fully saturated rings. The van der Waals surface area contributed by atoms with E-state index in [1.54, 1.807) is 60.7 Å². The smallest absolute Gasteiger partial charge is 0.293 e. The van der Waals surface area contributed by atoms with Crippen LogP contribution in [0.15, 0.2) is 65.6 Å². The van der Waals surface area contributed by atoms with Gasteiger partial charge in [-0.25, -0.2) is 0 Å². The molecule has 1 aliphatic heterocycles. The number of thioether (sulfide) groups is 1. The molecule has 1 aliphatic rings. The number of nitrogens with one attached hydrogen (secondary N) is 1. The van der Waals surface area contributed by atoms with Gasteiger partial charge in [0.05, 0.1) is 11.4 Å². The van der Waals surface area contributed by atoms with Crippen molar-refractivity contribution in [1.29, 1.82) is 0 Å². The van der Waals surface area contributed by atoms with Gasteiger partial charge in [0.15, 0.2) is 6.61 Å². The summed E-state index contributed by atoms with van der Waals surface area (Å²) in [7, 11) is 0. The van der Waals surface area contributed by atoms with Crippen molar-refractivity contribution in [2.45, 2.75) is 13.5 Å². The average molecular weight is 562 g/mol. The van der Waals surface area contributed by atoms with Crippen LogP contribution < -0.4 is 10.1 Å². The third kappa shape index (κ3) is 6.42. The molecule has 4 rings (SSSR count). The van der Waals surface area contributed by atoms with Crippen molar-refractivity contribution < 1.29 is 19.1 Å². The summed E-state index contributed by atoms with van der Waals surface area (Å²) in [5, 5.41) is 3.74. The number of ether oxygens (including phenoxy) is 1. The second-order valence-electron chi connectivity index (χ2n) is 7.88. The van der Waals surface area contributed by atoms with Crippen LogP contribution in [0.25, 0.3) is 6.08 Å². The Bertz CT molecular complexity index is 1390. The van der Waals surface area contributed by atoms with Crippen molar-refractivity contribution >= 4 is 75.4 Å². The van der Waals surface area contributed by atoms with Gasteiger partial charge in [0.1, 0.15) is 5.75 Å². The van der Waals surface area contributed by atoms with Crippen LogP contribution in [-0.4, -0.2) is 28.6 Å². The molecule has 0 bridgehead atoms. The van der Waals surface area contributed by atoms with Gasteiger partial charge in [-0.2, -0.15) is 0 Å². The molecule has 10 heteroatoms. The number of carbonyl (C=O) groups is 3. The van der Waals surface area contributed by atoms with E-state index in [0.29, 0.717) is 37.6 Å². The maximum atomic E-state index is 12.9. The minimum atomic E-state index is -0.418. The van der Waals surface area contributed by atoms with Crippen LogP contribution in [-0.2, 0) is 16.1 Å². The molecule has 0 spiro atoms. The van der Waals surface area contributed by atoms with Gasteiger partial charge < -0.3 is 10.1 Å². The molecule has 0 aliphatic carbocycles. The highest BCUT2D eigenvalue weighted by atomic mass is 35.5. The Labute approximate surface area is 227 Å². The van der Waals surface area contributed by atoms with Crippen molar-refractivity contribution in [1.82, 2.24) is 4.90 Å². The van der Waals surface area contributed by atoms with Gasteiger partial charge in [-0.1, -0.05) is 59.1 Å². The lowest BCUT2D eigenvalue weighted by molar-refractivity contribution is -0.123. The number of carbonyl (C=O) groups excluding carboxylic acids is 3. The van der Waals surface area contributed by atoms with E-state index < -0.39 is 11.1 Å². The number of halogens is 3.